The van der Waals surface area contributed by atoms with Gasteiger partial charge in [0, 0.05) is 31.7 Å². The van der Waals surface area contributed by atoms with Gasteiger partial charge in [0.15, 0.2) is 0 Å². The summed E-state index contributed by atoms with van der Waals surface area (Å²) < 4.78 is 5.29. The third-order valence-corrected chi connectivity index (χ3v) is 3.64. The second kappa shape index (κ2) is 5.49. The molecule has 1 N–H and O–H groups in total. The molecule has 0 aromatic heterocycles. The molecule has 0 aromatic carbocycles. The fraction of sp³-hybridized carbons (Fsp3) is 0.833. The van der Waals surface area contributed by atoms with E-state index in [-0.39, 0.29) is 24.3 Å². The molecule has 5 heteroatoms. The lowest BCUT2D eigenvalue weighted by molar-refractivity contribution is -0.149. The predicted molar refractivity (Wildman–Crippen MR) is 60.5 cm³/mol. The number of carboxylic acids is 1. The Labute approximate surface area is 101 Å². The lowest BCUT2D eigenvalue weighted by Crippen LogP contribution is -2.49. The van der Waals surface area contributed by atoms with Crippen molar-refractivity contribution in [2.24, 2.45) is 5.92 Å². The molecule has 0 bridgehead atoms. The zero-order valence-corrected chi connectivity index (χ0v) is 9.93. The topological polar surface area (TPSA) is 66.8 Å². The van der Waals surface area contributed by atoms with Crippen LogP contribution in [0.4, 0.5) is 0 Å². The normalized spacial score (nSPS) is 27.2. The summed E-state index contributed by atoms with van der Waals surface area (Å²) in [6, 6.07) is 0.257. The number of carboxylic acid groups (broad SMARTS) is 1. The molecule has 2 saturated heterocycles. The van der Waals surface area contributed by atoms with E-state index in [1.54, 1.807) is 0 Å². The number of hydrogen-bond acceptors (Lipinski definition) is 3. The average Bonchev–Trinajstić information content (AvgIpc) is 2.32. The molecule has 0 saturated carbocycles. The van der Waals surface area contributed by atoms with Gasteiger partial charge in [-0.3, -0.25) is 9.59 Å². The molecule has 5 nitrogen and oxygen atoms in total. The number of nitrogens with zero attached hydrogens (tertiary/aromatic N) is 1. The van der Waals surface area contributed by atoms with Crippen molar-refractivity contribution < 1.29 is 19.4 Å². The molecular formula is C12H19NO4. The van der Waals surface area contributed by atoms with Gasteiger partial charge in [-0.1, -0.05) is 0 Å². The molecule has 1 amide bonds. The summed E-state index contributed by atoms with van der Waals surface area (Å²) in [5, 5.41) is 8.79. The fourth-order valence-corrected chi connectivity index (χ4v) is 2.74. The standard InChI is InChI=1S/C12H19NO4/c14-11(15)8-9-2-1-5-13(12(9)16)10-3-6-17-7-4-10/h9-10H,1-8H2,(H,14,15). The van der Waals surface area contributed by atoms with Crippen LogP contribution in [0.1, 0.15) is 32.1 Å². The van der Waals surface area contributed by atoms with Gasteiger partial charge in [0.2, 0.25) is 5.91 Å². The Hall–Kier alpha value is -1.10. The average molecular weight is 241 g/mol. The molecule has 0 aliphatic carbocycles. The molecule has 1 atom stereocenters. The SMILES string of the molecule is O=C(O)CC1CCCN(C2CCOCC2)C1=O. The molecule has 2 aliphatic heterocycles. The summed E-state index contributed by atoms with van der Waals surface area (Å²) >= 11 is 0. The maximum atomic E-state index is 12.2. The van der Waals surface area contributed by atoms with Gasteiger partial charge < -0.3 is 14.7 Å². The lowest BCUT2D eigenvalue weighted by atomic mass is 9.91. The van der Waals surface area contributed by atoms with Crippen LogP contribution in [0.5, 0.6) is 0 Å². The van der Waals surface area contributed by atoms with Crippen LogP contribution in [0.25, 0.3) is 0 Å². The summed E-state index contributed by atoms with van der Waals surface area (Å²) in [4.78, 5) is 24.8. The highest BCUT2D eigenvalue weighted by atomic mass is 16.5. The van der Waals surface area contributed by atoms with Crippen molar-refractivity contribution in [3.05, 3.63) is 0 Å². The first-order chi connectivity index (χ1) is 8.18. The molecule has 2 heterocycles. The number of rotatable bonds is 3. The second-order valence-electron chi connectivity index (χ2n) is 4.81. The molecule has 2 fully saturated rings. The largest absolute Gasteiger partial charge is 0.481 e. The third kappa shape index (κ3) is 2.97. The summed E-state index contributed by atoms with van der Waals surface area (Å²) in [6.45, 7) is 2.19. The van der Waals surface area contributed by atoms with Gasteiger partial charge in [-0.05, 0) is 25.7 Å². The highest BCUT2D eigenvalue weighted by Gasteiger charge is 2.34. The van der Waals surface area contributed by atoms with Crippen molar-refractivity contribution in [1.82, 2.24) is 4.90 Å². The number of carbonyl (C=O) groups excluding carboxylic acids is 1. The van der Waals surface area contributed by atoms with E-state index in [0.717, 1.165) is 25.8 Å². The smallest absolute Gasteiger partial charge is 0.304 e. The Morgan fingerprint density at radius 1 is 1.35 bits per heavy atom. The third-order valence-electron chi connectivity index (χ3n) is 3.64. The summed E-state index contributed by atoms with van der Waals surface area (Å²) in [7, 11) is 0. The number of hydrogen-bond donors (Lipinski definition) is 1. The quantitative estimate of drug-likeness (QED) is 0.796. The molecule has 0 radical (unpaired) electrons. The first-order valence-electron chi connectivity index (χ1n) is 6.28. The van der Waals surface area contributed by atoms with Crippen molar-refractivity contribution >= 4 is 11.9 Å². The van der Waals surface area contributed by atoms with Crippen LogP contribution < -0.4 is 0 Å². The van der Waals surface area contributed by atoms with Crippen molar-refractivity contribution in [2.75, 3.05) is 19.8 Å². The number of amides is 1. The van der Waals surface area contributed by atoms with Gasteiger partial charge >= 0.3 is 5.97 Å². The molecule has 96 valence electrons. The van der Waals surface area contributed by atoms with Crippen molar-refractivity contribution in [1.29, 1.82) is 0 Å². The first kappa shape index (κ1) is 12.4. The van der Waals surface area contributed by atoms with Crippen LogP contribution in [-0.2, 0) is 14.3 Å². The highest BCUT2D eigenvalue weighted by Crippen LogP contribution is 2.26. The molecule has 0 spiro atoms. The van der Waals surface area contributed by atoms with Gasteiger partial charge in [0.25, 0.3) is 0 Å². The Kier molecular flexibility index (Phi) is 3.99. The molecule has 17 heavy (non-hydrogen) atoms. The maximum absolute atomic E-state index is 12.2. The lowest BCUT2D eigenvalue weighted by Gasteiger charge is -2.39. The van der Waals surface area contributed by atoms with E-state index in [0.29, 0.717) is 19.6 Å². The van der Waals surface area contributed by atoms with Crippen molar-refractivity contribution in [2.45, 2.75) is 38.1 Å². The number of ether oxygens (including phenoxy) is 1. The molecule has 0 aromatic rings. The van der Waals surface area contributed by atoms with E-state index in [2.05, 4.69) is 0 Å². The Morgan fingerprint density at radius 3 is 2.71 bits per heavy atom. The summed E-state index contributed by atoms with van der Waals surface area (Å²) in [5.41, 5.74) is 0. The minimum Gasteiger partial charge on any atom is -0.481 e. The Morgan fingerprint density at radius 2 is 2.06 bits per heavy atom. The molecule has 2 rings (SSSR count). The first-order valence-corrected chi connectivity index (χ1v) is 6.28. The van der Waals surface area contributed by atoms with E-state index in [4.69, 9.17) is 9.84 Å². The van der Waals surface area contributed by atoms with Gasteiger partial charge in [-0.25, -0.2) is 0 Å². The minimum absolute atomic E-state index is 0.0292. The van der Waals surface area contributed by atoms with E-state index < -0.39 is 5.97 Å². The molecule has 1 unspecified atom stereocenters. The number of carbonyl (C=O) groups is 2. The van der Waals surface area contributed by atoms with Gasteiger partial charge in [0.05, 0.1) is 6.42 Å². The van der Waals surface area contributed by atoms with Gasteiger partial charge in [0.1, 0.15) is 0 Å². The summed E-state index contributed by atoms with van der Waals surface area (Å²) in [5.74, 6) is -1.16. The minimum atomic E-state index is -0.878. The van der Waals surface area contributed by atoms with E-state index in [1.807, 2.05) is 4.90 Å². The van der Waals surface area contributed by atoms with Crippen LogP contribution >= 0.6 is 0 Å². The molecular weight excluding hydrogens is 222 g/mol. The fourth-order valence-electron chi connectivity index (χ4n) is 2.74. The number of aliphatic carboxylic acids is 1. The maximum Gasteiger partial charge on any atom is 0.304 e. The number of likely N-dealkylation sites (tertiary alicyclic amines) is 1. The second-order valence-corrected chi connectivity index (χ2v) is 4.81. The Bertz CT molecular complexity index is 299. The Balaban J connectivity index is 1.97. The predicted octanol–water partition coefficient (Wildman–Crippen LogP) is 0.879. The van der Waals surface area contributed by atoms with Crippen LogP contribution in [0.15, 0.2) is 0 Å². The highest BCUT2D eigenvalue weighted by molar-refractivity contribution is 5.84. The van der Waals surface area contributed by atoms with Gasteiger partial charge in [-0.2, -0.15) is 0 Å². The zero-order chi connectivity index (χ0) is 12.3. The number of piperidine rings is 1. The van der Waals surface area contributed by atoms with Crippen molar-refractivity contribution in [3.8, 4) is 0 Å². The van der Waals surface area contributed by atoms with Crippen molar-refractivity contribution in [3.63, 3.8) is 0 Å². The van der Waals surface area contributed by atoms with Crippen LogP contribution in [0, 0.1) is 5.92 Å². The monoisotopic (exact) mass is 241 g/mol. The van der Waals surface area contributed by atoms with Gasteiger partial charge in [-0.15, -0.1) is 0 Å². The molecule has 2 aliphatic rings. The summed E-state index contributed by atoms with van der Waals surface area (Å²) in [6.07, 6.45) is 3.36. The van der Waals surface area contributed by atoms with Crippen LogP contribution in [0.3, 0.4) is 0 Å². The zero-order valence-electron chi connectivity index (χ0n) is 9.93. The van der Waals surface area contributed by atoms with E-state index in [9.17, 15) is 9.59 Å². The van der Waals surface area contributed by atoms with E-state index in [1.165, 1.54) is 0 Å². The van der Waals surface area contributed by atoms with Crippen LogP contribution in [-0.4, -0.2) is 47.7 Å². The van der Waals surface area contributed by atoms with E-state index >= 15 is 0 Å². The van der Waals surface area contributed by atoms with Crippen LogP contribution in [0.2, 0.25) is 0 Å².